The van der Waals surface area contributed by atoms with E-state index >= 15 is 0 Å². The summed E-state index contributed by atoms with van der Waals surface area (Å²) in [4.78, 5) is 18.3. The maximum Gasteiger partial charge on any atom is 0.425 e. The second-order valence-corrected chi connectivity index (χ2v) is 9.32. The van der Waals surface area contributed by atoms with Crippen molar-refractivity contribution in [2.75, 3.05) is 23.7 Å². The molecule has 0 spiro atoms. The molecule has 37 heavy (non-hydrogen) atoms. The number of benzene rings is 2. The molecule has 0 bridgehead atoms. The van der Waals surface area contributed by atoms with Gasteiger partial charge < -0.3 is 20.3 Å². The Kier molecular flexibility index (Phi) is 7.56. The van der Waals surface area contributed by atoms with Crippen molar-refractivity contribution in [2.45, 2.75) is 50.4 Å². The number of hydrogen-bond acceptors (Lipinski definition) is 4. The van der Waals surface area contributed by atoms with Gasteiger partial charge in [0, 0.05) is 42.4 Å². The number of para-hydroxylation sites is 1. The fraction of sp³-hybridized carbons (Fsp3) is 0.440. The van der Waals surface area contributed by atoms with Crippen LogP contribution in [-0.4, -0.2) is 48.7 Å². The van der Waals surface area contributed by atoms with E-state index in [0.717, 1.165) is 6.07 Å². The van der Waals surface area contributed by atoms with E-state index in [9.17, 15) is 31.1 Å². The lowest BCUT2D eigenvalue weighted by Crippen LogP contribution is -2.45. The summed E-state index contributed by atoms with van der Waals surface area (Å²) in [7, 11) is 0. The molecule has 2 aliphatic heterocycles. The Hall–Kier alpha value is -3.44. The van der Waals surface area contributed by atoms with Gasteiger partial charge in [0.15, 0.2) is 6.10 Å². The van der Waals surface area contributed by atoms with E-state index in [2.05, 4.69) is 15.6 Å². The van der Waals surface area contributed by atoms with Gasteiger partial charge in [0.05, 0.1) is 5.54 Å². The van der Waals surface area contributed by atoms with E-state index in [1.807, 2.05) is 0 Å². The van der Waals surface area contributed by atoms with Crippen molar-refractivity contribution < 1.29 is 35.9 Å². The molecule has 2 heterocycles. The molecule has 2 aromatic carbocycles. The molecule has 2 amide bonds. The summed E-state index contributed by atoms with van der Waals surface area (Å²) in [6.07, 6.45) is -9.83. The van der Waals surface area contributed by atoms with Crippen LogP contribution in [0.25, 0.3) is 0 Å². The molecule has 2 N–H and O–H groups in total. The van der Waals surface area contributed by atoms with E-state index in [1.54, 1.807) is 30.3 Å². The number of hydrogen-bond donors (Lipinski definition) is 2. The molecule has 2 aliphatic rings. The Balaban J connectivity index is 1.58. The number of nitrogens with one attached hydrogen (secondary N) is 2. The lowest BCUT2D eigenvalue weighted by molar-refractivity contribution is -0.207. The summed E-state index contributed by atoms with van der Waals surface area (Å²) < 4.78 is 87.0. The zero-order valence-corrected chi connectivity index (χ0v) is 19.9. The first-order valence-corrected chi connectivity index (χ1v) is 11.7. The van der Waals surface area contributed by atoms with Gasteiger partial charge in [0.2, 0.25) is 6.43 Å². The van der Waals surface area contributed by atoms with Crippen LogP contribution in [-0.2, 0) is 10.3 Å². The number of halogens is 6. The van der Waals surface area contributed by atoms with E-state index in [1.165, 1.54) is 24.0 Å². The summed E-state index contributed by atoms with van der Waals surface area (Å²) >= 11 is 0. The van der Waals surface area contributed by atoms with Gasteiger partial charge in [0.25, 0.3) is 6.02 Å². The standard InChI is InChI=1S/C25H26F6N4O2/c1-24(14-20(25(29,30)31)37-22(34-24)32-16-5-3-2-4-6-16)18-13-17(7-8-19(18)26)33-23(36)35-11-9-15(10-12-35)21(27)28/h2-8,13,15,20-21H,9-12,14H2,1H3,(H,32,34)(H,33,36)/t20-,24+/m0/s1. The maximum absolute atomic E-state index is 15.0. The Morgan fingerprint density at radius 1 is 1.11 bits per heavy atom. The largest absolute Gasteiger partial charge is 0.452 e. The molecule has 0 radical (unpaired) electrons. The number of carbonyl (C=O) groups is 1. The molecule has 0 aromatic heterocycles. The average molecular weight is 528 g/mol. The number of carbonyl (C=O) groups excluding carboxylic acids is 1. The van der Waals surface area contributed by atoms with Crippen LogP contribution in [0.4, 0.5) is 42.5 Å². The highest BCUT2D eigenvalue weighted by Gasteiger charge is 2.50. The predicted octanol–water partition coefficient (Wildman–Crippen LogP) is 6.37. The summed E-state index contributed by atoms with van der Waals surface area (Å²) in [5, 5.41) is 5.29. The molecular formula is C25H26F6N4O2. The van der Waals surface area contributed by atoms with Crippen LogP contribution in [0, 0.1) is 11.7 Å². The molecule has 0 unspecified atom stereocenters. The Morgan fingerprint density at radius 3 is 2.41 bits per heavy atom. The van der Waals surface area contributed by atoms with Gasteiger partial charge in [0.1, 0.15) is 5.82 Å². The molecule has 200 valence electrons. The van der Waals surface area contributed by atoms with Crippen LogP contribution in [0.2, 0.25) is 0 Å². The maximum atomic E-state index is 15.0. The van der Waals surface area contributed by atoms with Gasteiger partial charge in [-0.1, -0.05) is 18.2 Å². The molecule has 1 fully saturated rings. The second kappa shape index (κ2) is 10.5. The summed E-state index contributed by atoms with van der Waals surface area (Å²) in [6.45, 7) is 1.63. The predicted molar refractivity (Wildman–Crippen MR) is 126 cm³/mol. The van der Waals surface area contributed by atoms with Gasteiger partial charge in [-0.05, 0) is 50.1 Å². The molecule has 0 saturated carbocycles. The fourth-order valence-electron chi connectivity index (χ4n) is 4.46. The minimum Gasteiger partial charge on any atom is -0.452 e. The minimum absolute atomic E-state index is 0.135. The third-order valence-electron chi connectivity index (χ3n) is 6.56. The second-order valence-electron chi connectivity index (χ2n) is 9.32. The Bertz CT molecular complexity index is 1140. The normalized spacial score (nSPS) is 22.9. The number of likely N-dealkylation sites (tertiary alicyclic amines) is 1. The highest BCUT2D eigenvalue weighted by molar-refractivity contribution is 5.91. The molecule has 1 saturated heterocycles. The first-order chi connectivity index (χ1) is 17.4. The van der Waals surface area contributed by atoms with Crippen molar-refractivity contribution >= 4 is 23.4 Å². The molecule has 2 aromatic rings. The van der Waals surface area contributed by atoms with Gasteiger partial charge in [-0.15, -0.1) is 0 Å². The van der Waals surface area contributed by atoms with E-state index < -0.39 is 54.5 Å². The first kappa shape index (κ1) is 26.6. The van der Waals surface area contributed by atoms with Crippen LogP contribution in [0.5, 0.6) is 0 Å². The van der Waals surface area contributed by atoms with Gasteiger partial charge in [-0.2, -0.15) is 13.2 Å². The number of amides is 2. The topological polar surface area (TPSA) is 66.0 Å². The number of rotatable bonds is 4. The molecule has 4 rings (SSSR count). The quantitative estimate of drug-likeness (QED) is 0.454. The number of anilines is 2. The van der Waals surface area contributed by atoms with Crippen molar-refractivity contribution in [1.29, 1.82) is 0 Å². The number of ether oxygens (including phenoxy) is 1. The van der Waals surface area contributed by atoms with Gasteiger partial charge in [-0.25, -0.2) is 23.0 Å². The van der Waals surface area contributed by atoms with Crippen molar-refractivity contribution in [2.24, 2.45) is 10.9 Å². The highest BCUT2D eigenvalue weighted by atomic mass is 19.4. The van der Waals surface area contributed by atoms with E-state index in [-0.39, 0.29) is 37.2 Å². The lowest BCUT2D eigenvalue weighted by Gasteiger charge is -2.37. The van der Waals surface area contributed by atoms with Crippen LogP contribution >= 0.6 is 0 Å². The zero-order chi connectivity index (χ0) is 26.8. The van der Waals surface area contributed by atoms with Crippen molar-refractivity contribution in [3.63, 3.8) is 0 Å². The van der Waals surface area contributed by atoms with E-state index in [4.69, 9.17) is 4.74 Å². The van der Waals surface area contributed by atoms with Gasteiger partial charge >= 0.3 is 12.2 Å². The molecule has 6 nitrogen and oxygen atoms in total. The van der Waals surface area contributed by atoms with Crippen LogP contribution in [0.15, 0.2) is 53.5 Å². The van der Waals surface area contributed by atoms with E-state index in [0.29, 0.717) is 5.69 Å². The highest BCUT2D eigenvalue weighted by Crippen LogP contribution is 2.42. The SMILES string of the molecule is C[C@]1(c2cc(NC(=O)N3CCC(C(F)F)CC3)ccc2F)C[C@@H](C(F)(F)F)OC(Nc2ccccc2)=N1. The number of amidine groups is 1. The smallest absolute Gasteiger partial charge is 0.425 e. The number of piperidine rings is 1. The lowest BCUT2D eigenvalue weighted by atomic mass is 9.85. The van der Waals surface area contributed by atoms with Gasteiger partial charge in [-0.3, -0.25) is 0 Å². The average Bonchev–Trinajstić information content (AvgIpc) is 2.85. The van der Waals surface area contributed by atoms with Crippen molar-refractivity contribution in [3.8, 4) is 0 Å². The Morgan fingerprint density at radius 2 is 1.78 bits per heavy atom. The van der Waals surface area contributed by atoms with Crippen molar-refractivity contribution in [3.05, 3.63) is 59.9 Å². The number of urea groups is 1. The molecule has 2 atom stereocenters. The summed E-state index contributed by atoms with van der Waals surface area (Å²) in [5.41, 5.74) is -1.27. The van der Waals surface area contributed by atoms with Crippen LogP contribution in [0.1, 0.15) is 31.7 Å². The third-order valence-corrected chi connectivity index (χ3v) is 6.56. The molecule has 0 aliphatic carbocycles. The zero-order valence-electron chi connectivity index (χ0n) is 19.9. The summed E-state index contributed by atoms with van der Waals surface area (Å²) in [5.74, 6) is -1.57. The minimum atomic E-state index is -4.74. The third kappa shape index (κ3) is 6.28. The van der Waals surface area contributed by atoms with Crippen LogP contribution in [0.3, 0.4) is 0 Å². The van der Waals surface area contributed by atoms with Crippen LogP contribution < -0.4 is 10.6 Å². The monoisotopic (exact) mass is 528 g/mol. The van der Waals surface area contributed by atoms with Crippen molar-refractivity contribution in [1.82, 2.24) is 4.90 Å². The number of alkyl halides is 5. The fourth-order valence-corrected chi connectivity index (χ4v) is 4.46. The first-order valence-electron chi connectivity index (χ1n) is 11.7. The summed E-state index contributed by atoms with van der Waals surface area (Å²) in [6, 6.07) is 10.9. The molecule has 12 heteroatoms. The Labute approximate surface area is 209 Å². The molecular weight excluding hydrogens is 502 g/mol. The number of aliphatic imine (C=N–C) groups is 1. The number of nitrogens with zero attached hydrogens (tertiary/aromatic N) is 2.